The monoisotopic (exact) mass is 419 g/mol. The molecule has 2 saturated heterocycles. The van der Waals surface area contributed by atoms with Crippen molar-refractivity contribution in [1.29, 1.82) is 0 Å². The summed E-state index contributed by atoms with van der Waals surface area (Å²) in [6.45, 7) is 2.07. The first-order valence-electron chi connectivity index (χ1n) is 9.55. The van der Waals surface area contributed by atoms with Gasteiger partial charge in [-0.15, -0.1) is 0 Å². The topological polar surface area (TPSA) is 92.4 Å². The Bertz CT molecular complexity index is 940. The first-order chi connectivity index (χ1) is 14.2. The highest BCUT2D eigenvalue weighted by Crippen LogP contribution is 2.31. The summed E-state index contributed by atoms with van der Waals surface area (Å²) in [4.78, 5) is 34.5. The summed E-state index contributed by atoms with van der Waals surface area (Å²) in [6.07, 6.45) is -2.08. The molecule has 2 aromatic rings. The minimum Gasteiger partial charge on any atom is -0.369 e. The average Bonchev–Trinajstić information content (AvgIpc) is 3.17. The summed E-state index contributed by atoms with van der Waals surface area (Å²) in [5, 5.41) is 0. The second-order valence-electron chi connectivity index (χ2n) is 7.63. The Balaban J connectivity index is 1.34. The van der Waals surface area contributed by atoms with Crippen LogP contribution in [-0.2, 0) is 11.0 Å². The third-order valence-corrected chi connectivity index (χ3v) is 5.63. The van der Waals surface area contributed by atoms with E-state index in [4.69, 9.17) is 5.73 Å². The molecule has 7 nitrogen and oxygen atoms in total. The van der Waals surface area contributed by atoms with Gasteiger partial charge < -0.3 is 15.5 Å². The van der Waals surface area contributed by atoms with Crippen molar-refractivity contribution in [3.63, 3.8) is 0 Å². The molecule has 2 N–H and O–H groups in total. The molecule has 158 valence electrons. The number of primary amides is 1. The molecule has 0 bridgehead atoms. The summed E-state index contributed by atoms with van der Waals surface area (Å²) < 4.78 is 37.8. The fraction of sp³-hybridized carbons (Fsp3) is 0.400. The summed E-state index contributed by atoms with van der Waals surface area (Å²) in [7, 11) is 0. The van der Waals surface area contributed by atoms with E-state index in [0.717, 1.165) is 18.0 Å². The zero-order valence-electron chi connectivity index (χ0n) is 16.0. The molecule has 4 rings (SSSR count). The molecule has 30 heavy (non-hydrogen) atoms. The van der Waals surface area contributed by atoms with Crippen LogP contribution in [-0.4, -0.2) is 57.9 Å². The molecular formula is C20H20F3N5O2. The minimum absolute atomic E-state index is 0.0772. The van der Waals surface area contributed by atoms with Gasteiger partial charge in [-0.1, -0.05) is 24.3 Å². The fourth-order valence-corrected chi connectivity index (χ4v) is 3.76. The van der Waals surface area contributed by atoms with Crippen molar-refractivity contribution in [1.82, 2.24) is 19.8 Å². The number of halogens is 3. The lowest BCUT2D eigenvalue weighted by Crippen LogP contribution is -2.53. The Morgan fingerprint density at radius 3 is 2.23 bits per heavy atom. The van der Waals surface area contributed by atoms with Gasteiger partial charge in [-0.2, -0.15) is 13.2 Å². The van der Waals surface area contributed by atoms with Crippen LogP contribution in [0.2, 0.25) is 0 Å². The van der Waals surface area contributed by atoms with Gasteiger partial charge in [0.25, 0.3) is 0 Å². The van der Waals surface area contributed by atoms with Crippen LogP contribution in [0.15, 0.2) is 36.7 Å². The molecule has 10 heteroatoms. The maximum atomic E-state index is 12.6. The maximum absolute atomic E-state index is 12.6. The highest BCUT2D eigenvalue weighted by molar-refractivity contribution is 5.80. The Hall–Kier alpha value is -3.17. The van der Waals surface area contributed by atoms with Crippen LogP contribution in [0.25, 0.3) is 11.3 Å². The molecule has 0 radical (unpaired) electrons. The third-order valence-electron chi connectivity index (χ3n) is 5.63. The normalized spacial score (nSPS) is 19.6. The van der Waals surface area contributed by atoms with E-state index in [2.05, 4.69) is 9.97 Å². The van der Waals surface area contributed by atoms with E-state index >= 15 is 0 Å². The highest BCUT2D eigenvalue weighted by atomic mass is 19.4. The summed E-state index contributed by atoms with van der Waals surface area (Å²) in [5.74, 6) is -0.451. The molecule has 3 heterocycles. The lowest BCUT2D eigenvalue weighted by atomic mass is 9.91. The number of urea groups is 1. The van der Waals surface area contributed by atoms with E-state index < -0.39 is 11.9 Å². The zero-order chi connectivity index (χ0) is 21.5. The lowest BCUT2D eigenvalue weighted by molar-refractivity contribution is -0.141. The molecular weight excluding hydrogens is 399 g/mol. The highest BCUT2D eigenvalue weighted by Gasteiger charge is 2.38. The van der Waals surface area contributed by atoms with E-state index in [9.17, 15) is 22.8 Å². The van der Waals surface area contributed by atoms with Gasteiger partial charge in [0.2, 0.25) is 5.91 Å². The Morgan fingerprint density at radius 1 is 1.00 bits per heavy atom. The molecule has 0 unspecified atom stereocenters. The molecule has 1 aromatic heterocycles. The predicted octanol–water partition coefficient (Wildman–Crippen LogP) is 2.49. The number of rotatable bonds is 3. The number of likely N-dealkylation sites (tertiary alicyclic amines) is 2. The van der Waals surface area contributed by atoms with Crippen molar-refractivity contribution < 1.29 is 22.8 Å². The summed E-state index contributed by atoms with van der Waals surface area (Å²) in [6, 6.07) is 7.27. The van der Waals surface area contributed by atoms with Crippen LogP contribution < -0.4 is 5.73 Å². The van der Waals surface area contributed by atoms with Gasteiger partial charge in [0.05, 0.1) is 24.0 Å². The molecule has 1 atom stereocenters. The SMILES string of the molecule is NC(=O)[C@H]1CCN(C(=O)N2CC(c3ccc(-c4cnc(C(F)(F)F)cn4)cc3)C2)C1. The summed E-state index contributed by atoms with van der Waals surface area (Å²) >= 11 is 0. The van der Waals surface area contributed by atoms with E-state index in [-0.39, 0.29) is 23.8 Å². The predicted molar refractivity (Wildman–Crippen MR) is 101 cm³/mol. The number of hydrogen-bond acceptors (Lipinski definition) is 4. The lowest BCUT2D eigenvalue weighted by Gasteiger charge is -2.41. The Morgan fingerprint density at radius 2 is 1.70 bits per heavy atom. The van der Waals surface area contributed by atoms with Crippen molar-refractivity contribution in [2.75, 3.05) is 26.2 Å². The van der Waals surface area contributed by atoms with E-state index in [0.29, 0.717) is 43.9 Å². The molecule has 2 aliphatic rings. The number of amides is 3. The van der Waals surface area contributed by atoms with Crippen LogP contribution in [0.3, 0.4) is 0 Å². The summed E-state index contributed by atoms with van der Waals surface area (Å²) in [5.41, 5.74) is 6.36. The van der Waals surface area contributed by atoms with Crippen LogP contribution in [0.5, 0.6) is 0 Å². The standard InChI is InChI=1S/C20H20F3N5O2/c21-20(22,23)17-8-25-16(7-26-17)13-3-1-12(2-4-13)15-10-28(11-15)19(30)27-6-5-14(9-27)18(24)29/h1-4,7-8,14-15H,5-6,9-11H2,(H2,24,29)/t14-/m0/s1. The van der Waals surface area contributed by atoms with Crippen molar-refractivity contribution in [3.8, 4) is 11.3 Å². The second kappa shape index (κ2) is 7.58. The molecule has 0 aliphatic carbocycles. The minimum atomic E-state index is -4.52. The number of carbonyl (C=O) groups excluding carboxylic acids is 2. The van der Waals surface area contributed by atoms with Crippen LogP contribution in [0, 0.1) is 5.92 Å². The first kappa shape index (κ1) is 20.1. The molecule has 2 aliphatic heterocycles. The van der Waals surface area contributed by atoms with E-state index in [1.807, 2.05) is 12.1 Å². The van der Waals surface area contributed by atoms with Gasteiger partial charge >= 0.3 is 12.2 Å². The van der Waals surface area contributed by atoms with Gasteiger partial charge in [0.15, 0.2) is 5.69 Å². The quantitative estimate of drug-likeness (QED) is 0.827. The van der Waals surface area contributed by atoms with Crippen LogP contribution >= 0.6 is 0 Å². The molecule has 2 fully saturated rings. The van der Waals surface area contributed by atoms with E-state index in [1.165, 1.54) is 0 Å². The molecule has 0 saturated carbocycles. The number of hydrogen-bond donors (Lipinski definition) is 1. The van der Waals surface area contributed by atoms with Gasteiger partial charge in [0, 0.05) is 37.7 Å². The van der Waals surface area contributed by atoms with Gasteiger partial charge in [0.1, 0.15) is 0 Å². The number of alkyl halides is 3. The molecule has 0 spiro atoms. The van der Waals surface area contributed by atoms with Crippen molar-refractivity contribution in [2.24, 2.45) is 11.7 Å². The third kappa shape index (κ3) is 3.94. The smallest absolute Gasteiger partial charge is 0.369 e. The van der Waals surface area contributed by atoms with Crippen molar-refractivity contribution in [3.05, 3.63) is 47.9 Å². The number of nitrogens with two attached hydrogens (primary N) is 1. The van der Waals surface area contributed by atoms with Crippen LogP contribution in [0.4, 0.5) is 18.0 Å². The molecule has 1 aromatic carbocycles. The number of benzene rings is 1. The van der Waals surface area contributed by atoms with E-state index in [1.54, 1.807) is 21.9 Å². The van der Waals surface area contributed by atoms with Crippen LogP contribution in [0.1, 0.15) is 23.6 Å². The van der Waals surface area contributed by atoms with Crippen molar-refractivity contribution in [2.45, 2.75) is 18.5 Å². The Kier molecular flexibility index (Phi) is 5.08. The first-order valence-corrected chi connectivity index (χ1v) is 9.55. The largest absolute Gasteiger partial charge is 0.434 e. The number of aromatic nitrogens is 2. The Labute approximate surface area is 170 Å². The maximum Gasteiger partial charge on any atom is 0.434 e. The fourth-order valence-electron chi connectivity index (χ4n) is 3.76. The number of nitrogens with zero attached hydrogens (tertiary/aromatic N) is 4. The van der Waals surface area contributed by atoms with Gasteiger partial charge in [-0.25, -0.2) is 9.78 Å². The zero-order valence-corrected chi connectivity index (χ0v) is 16.0. The van der Waals surface area contributed by atoms with Gasteiger partial charge in [-0.3, -0.25) is 9.78 Å². The molecule has 3 amide bonds. The van der Waals surface area contributed by atoms with Gasteiger partial charge in [-0.05, 0) is 12.0 Å². The number of carbonyl (C=O) groups is 2. The average molecular weight is 419 g/mol. The second-order valence-corrected chi connectivity index (χ2v) is 7.63. The van der Waals surface area contributed by atoms with Crippen molar-refractivity contribution >= 4 is 11.9 Å².